The van der Waals surface area contributed by atoms with Crippen LogP contribution in [-0.4, -0.2) is 20.7 Å². The maximum Gasteiger partial charge on any atom is 0.272 e. The quantitative estimate of drug-likeness (QED) is 0.804. The van der Waals surface area contributed by atoms with Crippen molar-refractivity contribution in [2.24, 2.45) is 7.05 Å². The van der Waals surface area contributed by atoms with Gasteiger partial charge in [0, 0.05) is 18.1 Å². The summed E-state index contributed by atoms with van der Waals surface area (Å²) < 4.78 is 1.69. The van der Waals surface area contributed by atoms with Crippen LogP contribution in [0.15, 0.2) is 29.0 Å². The minimum absolute atomic E-state index is 0.177. The number of nitrogens with one attached hydrogen (secondary N) is 1. The van der Waals surface area contributed by atoms with E-state index in [0.29, 0.717) is 12.2 Å². The monoisotopic (exact) mass is 318 g/mol. The van der Waals surface area contributed by atoms with Gasteiger partial charge in [0.2, 0.25) is 0 Å². The number of carbonyl (C=O) groups is 1. The molecule has 3 aromatic rings. The van der Waals surface area contributed by atoms with Crippen molar-refractivity contribution in [2.45, 2.75) is 13.5 Å². The second-order valence-corrected chi connectivity index (χ2v) is 6.40. The number of nitrogens with zero attached hydrogens (tertiary/aromatic N) is 3. The molecule has 0 aliphatic rings. The fraction of sp³-hybridized carbons (Fsp3) is 0.214. The Hall–Kier alpha value is -1.99. The van der Waals surface area contributed by atoms with Gasteiger partial charge in [-0.25, -0.2) is 4.98 Å². The summed E-state index contributed by atoms with van der Waals surface area (Å²) in [5.41, 5.74) is 2.25. The Morgan fingerprint density at radius 2 is 2.29 bits per heavy atom. The predicted octanol–water partition coefficient (Wildman–Crippen LogP) is 2.84. The Morgan fingerprint density at radius 3 is 2.95 bits per heavy atom. The highest BCUT2D eigenvalue weighted by atomic mass is 32.1. The average Bonchev–Trinajstić information content (AvgIpc) is 3.17. The number of amides is 1. The molecular formula is C14H14N4OS2. The molecule has 0 radical (unpaired) electrons. The summed E-state index contributed by atoms with van der Waals surface area (Å²) in [5, 5.41) is 12.0. The first-order chi connectivity index (χ1) is 10.1. The third-order valence-corrected chi connectivity index (χ3v) is 4.99. The van der Waals surface area contributed by atoms with Crippen molar-refractivity contribution in [3.63, 3.8) is 0 Å². The molecule has 7 heteroatoms. The summed E-state index contributed by atoms with van der Waals surface area (Å²) in [7, 11) is 1.82. The standard InChI is InChI=1S/C14H14N4OS2/c1-9-6-11(17-18(9)2)13(19)15-7-10-8-21-14(16-10)12-4-3-5-20-12/h3-6,8H,7H2,1-2H3,(H,15,19). The van der Waals surface area contributed by atoms with Gasteiger partial charge in [-0.15, -0.1) is 22.7 Å². The van der Waals surface area contributed by atoms with E-state index < -0.39 is 0 Å². The summed E-state index contributed by atoms with van der Waals surface area (Å²) in [6.45, 7) is 2.33. The Labute approximate surface area is 130 Å². The smallest absolute Gasteiger partial charge is 0.272 e. The van der Waals surface area contributed by atoms with Gasteiger partial charge in [-0.05, 0) is 24.4 Å². The molecular weight excluding hydrogens is 304 g/mol. The topological polar surface area (TPSA) is 59.8 Å². The van der Waals surface area contributed by atoms with Gasteiger partial charge in [0.1, 0.15) is 10.7 Å². The van der Waals surface area contributed by atoms with Crippen LogP contribution in [0.5, 0.6) is 0 Å². The maximum absolute atomic E-state index is 12.0. The number of aryl methyl sites for hydroxylation is 2. The minimum atomic E-state index is -0.177. The third kappa shape index (κ3) is 3.03. The molecule has 0 fully saturated rings. The molecule has 0 saturated carbocycles. The molecule has 3 rings (SSSR count). The molecule has 0 atom stereocenters. The number of carbonyl (C=O) groups excluding carboxylic acids is 1. The SMILES string of the molecule is Cc1cc(C(=O)NCc2csc(-c3cccs3)n2)nn1C. The van der Waals surface area contributed by atoms with Crippen LogP contribution in [0.25, 0.3) is 9.88 Å². The average molecular weight is 318 g/mol. The zero-order chi connectivity index (χ0) is 14.8. The molecule has 0 spiro atoms. The second-order valence-electron chi connectivity index (χ2n) is 4.60. The van der Waals surface area contributed by atoms with E-state index >= 15 is 0 Å². The summed E-state index contributed by atoms with van der Waals surface area (Å²) in [6.07, 6.45) is 0. The van der Waals surface area contributed by atoms with Crippen LogP contribution in [0.3, 0.4) is 0 Å². The van der Waals surface area contributed by atoms with Crippen LogP contribution in [-0.2, 0) is 13.6 Å². The van der Waals surface area contributed by atoms with Crippen molar-refractivity contribution >= 4 is 28.6 Å². The van der Waals surface area contributed by atoms with Crippen molar-refractivity contribution in [2.75, 3.05) is 0 Å². The molecule has 1 N–H and O–H groups in total. The first-order valence-corrected chi connectivity index (χ1v) is 8.16. The lowest BCUT2D eigenvalue weighted by atomic mass is 10.3. The maximum atomic E-state index is 12.0. The number of rotatable bonds is 4. The van der Waals surface area contributed by atoms with E-state index in [-0.39, 0.29) is 5.91 Å². The fourth-order valence-corrected chi connectivity index (χ4v) is 3.47. The van der Waals surface area contributed by atoms with Crippen LogP contribution >= 0.6 is 22.7 Å². The molecule has 0 bridgehead atoms. The van der Waals surface area contributed by atoms with E-state index in [1.807, 2.05) is 36.9 Å². The Kier molecular flexibility index (Phi) is 3.85. The molecule has 3 aromatic heterocycles. The van der Waals surface area contributed by atoms with Crippen molar-refractivity contribution < 1.29 is 4.79 Å². The highest BCUT2D eigenvalue weighted by Gasteiger charge is 2.12. The van der Waals surface area contributed by atoms with Gasteiger partial charge < -0.3 is 5.32 Å². The summed E-state index contributed by atoms with van der Waals surface area (Å²) in [5.74, 6) is -0.177. The van der Waals surface area contributed by atoms with Gasteiger partial charge in [0.05, 0.1) is 17.1 Å². The summed E-state index contributed by atoms with van der Waals surface area (Å²) in [6, 6.07) is 5.82. The lowest BCUT2D eigenvalue weighted by Gasteiger charge is -1.99. The van der Waals surface area contributed by atoms with E-state index in [2.05, 4.69) is 15.4 Å². The number of thiophene rings is 1. The molecule has 0 aliphatic heterocycles. The number of thiazole rings is 1. The summed E-state index contributed by atoms with van der Waals surface area (Å²) >= 11 is 3.25. The van der Waals surface area contributed by atoms with Crippen molar-refractivity contribution in [3.05, 3.63) is 46.0 Å². The molecule has 0 aliphatic carbocycles. The zero-order valence-corrected chi connectivity index (χ0v) is 13.3. The van der Waals surface area contributed by atoms with Gasteiger partial charge in [-0.1, -0.05) is 6.07 Å². The molecule has 3 heterocycles. The molecule has 1 amide bonds. The van der Waals surface area contributed by atoms with Crippen LogP contribution < -0.4 is 5.32 Å². The van der Waals surface area contributed by atoms with Gasteiger partial charge in [0.15, 0.2) is 0 Å². The number of hydrogen-bond acceptors (Lipinski definition) is 5. The van der Waals surface area contributed by atoms with Gasteiger partial charge >= 0.3 is 0 Å². The molecule has 21 heavy (non-hydrogen) atoms. The first-order valence-electron chi connectivity index (χ1n) is 6.40. The van der Waals surface area contributed by atoms with Crippen LogP contribution in [0.4, 0.5) is 0 Å². The summed E-state index contributed by atoms with van der Waals surface area (Å²) in [4.78, 5) is 17.7. The fourth-order valence-electron chi connectivity index (χ4n) is 1.83. The van der Waals surface area contributed by atoms with Crippen LogP contribution in [0, 0.1) is 6.92 Å². The van der Waals surface area contributed by atoms with E-state index in [1.165, 1.54) is 0 Å². The largest absolute Gasteiger partial charge is 0.345 e. The van der Waals surface area contributed by atoms with Gasteiger partial charge in [-0.2, -0.15) is 5.10 Å². The van der Waals surface area contributed by atoms with Crippen LogP contribution in [0.1, 0.15) is 21.9 Å². The van der Waals surface area contributed by atoms with E-state index in [0.717, 1.165) is 21.3 Å². The highest BCUT2D eigenvalue weighted by molar-refractivity contribution is 7.20. The molecule has 0 saturated heterocycles. The zero-order valence-electron chi connectivity index (χ0n) is 11.7. The van der Waals surface area contributed by atoms with E-state index in [9.17, 15) is 4.79 Å². The normalized spacial score (nSPS) is 10.8. The Bertz CT molecular complexity index is 738. The van der Waals surface area contributed by atoms with Crippen molar-refractivity contribution in [1.82, 2.24) is 20.1 Å². The lowest BCUT2D eigenvalue weighted by Crippen LogP contribution is -2.23. The molecule has 0 unspecified atom stereocenters. The van der Waals surface area contributed by atoms with Gasteiger partial charge in [-0.3, -0.25) is 9.48 Å². The third-order valence-electron chi connectivity index (χ3n) is 3.06. The number of aromatic nitrogens is 3. The van der Waals surface area contributed by atoms with E-state index in [1.54, 1.807) is 33.4 Å². The molecule has 0 aromatic carbocycles. The van der Waals surface area contributed by atoms with Crippen molar-refractivity contribution in [3.8, 4) is 9.88 Å². The highest BCUT2D eigenvalue weighted by Crippen LogP contribution is 2.27. The lowest BCUT2D eigenvalue weighted by molar-refractivity contribution is 0.0945. The molecule has 5 nitrogen and oxygen atoms in total. The minimum Gasteiger partial charge on any atom is -0.345 e. The van der Waals surface area contributed by atoms with Gasteiger partial charge in [0.25, 0.3) is 5.91 Å². The number of hydrogen-bond donors (Lipinski definition) is 1. The van der Waals surface area contributed by atoms with Crippen LogP contribution in [0.2, 0.25) is 0 Å². The Morgan fingerprint density at radius 1 is 1.43 bits per heavy atom. The van der Waals surface area contributed by atoms with Crippen molar-refractivity contribution in [1.29, 1.82) is 0 Å². The molecule has 108 valence electrons. The first kappa shape index (κ1) is 14.0. The second kappa shape index (κ2) is 5.79. The Balaban J connectivity index is 1.64. The predicted molar refractivity (Wildman–Crippen MR) is 84.5 cm³/mol. The van der Waals surface area contributed by atoms with E-state index in [4.69, 9.17) is 0 Å².